The Hall–Kier alpha value is -2.19. The number of carbonyl (C=O) groups excluding carboxylic acids is 1. The maximum atomic E-state index is 13.7. The fourth-order valence-electron chi connectivity index (χ4n) is 2.27. The molecule has 0 spiro atoms. The summed E-state index contributed by atoms with van der Waals surface area (Å²) >= 11 is 2.92. The van der Waals surface area contributed by atoms with E-state index in [2.05, 4.69) is 10.2 Å². The highest BCUT2D eigenvalue weighted by molar-refractivity contribution is 7.99. The van der Waals surface area contributed by atoms with Gasteiger partial charge < -0.3 is 9.47 Å². The molecule has 3 rings (SSSR count). The summed E-state index contributed by atoms with van der Waals surface area (Å²) in [6, 6.07) is 10.4. The van der Waals surface area contributed by atoms with Crippen LogP contribution in [0.5, 0.6) is 0 Å². The number of aromatic nitrogens is 3. The molecule has 0 N–H and O–H groups in total. The third-order valence-corrected chi connectivity index (χ3v) is 5.56. The number of amides is 1. The van der Waals surface area contributed by atoms with E-state index in [4.69, 9.17) is 0 Å². The Kier molecular flexibility index (Phi) is 5.50. The standard InChI is InChI=1S/C17H17FN4OS2/c1-21(10-12-6-3-4-7-13(12)18)15(23)11-25-17-20-19-16(22(17)2)14-8-5-9-24-14/h3-9H,10-11H2,1-2H3. The topological polar surface area (TPSA) is 51.0 Å². The first-order valence-electron chi connectivity index (χ1n) is 7.59. The van der Waals surface area contributed by atoms with Crippen molar-refractivity contribution in [1.29, 1.82) is 0 Å². The molecule has 2 heterocycles. The molecule has 25 heavy (non-hydrogen) atoms. The molecule has 5 nitrogen and oxygen atoms in total. The summed E-state index contributed by atoms with van der Waals surface area (Å²) in [5.74, 6) is 0.615. The minimum atomic E-state index is -0.302. The molecule has 0 aliphatic heterocycles. The van der Waals surface area contributed by atoms with Crippen LogP contribution in [0.4, 0.5) is 4.39 Å². The van der Waals surface area contributed by atoms with Crippen LogP contribution in [0.2, 0.25) is 0 Å². The van der Waals surface area contributed by atoms with E-state index >= 15 is 0 Å². The quantitative estimate of drug-likeness (QED) is 0.619. The van der Waals surface area contributed by atoms with Crippen LogP contribution in [0.25, 0.3) is 10.7 Å². The van der Waals surface area contributed by atoms with Crippen LogP contribution in [0.15, 0.2) is 46.9 Å². The second kappa shape index (κ2) is 7.79. The Labute approximate surface area is 153 Å². The van der Waals surface area contributed by atoms with Gasteiger partial charge in [0.05, 0.1) is 10.6 Å². The van der Waals surface area contributed by atoms with Crippen LogP contribution >= 0.6 is 23.1 Å². The average molecular weight is 376 g/mol. The van der Waals surface area contributed by atoms with Crippen molar-refractivity contribution in [3.63, 3.8) is 0 Å². The molecule has 0 saturated carbocycles. The van der Waals surface area contributed by atoms with E-state index < -0.39 is 0 Å². The normalized spacial score (nSPS) is 10.8. The van der Waals surface area contributed by atoms with Crippen molar-refractivity contribution in [2.45, 2.75) is 11.7 Å². The summed E-state index contributed by atoms with van der Waals surface area (Å²) in [6.07, 6.45) is 0. The van der Waals surface area contributed by atoms with Crippen molar-refractivity contribution in [2.75, 3.05) is 12.8 Å². The number of halogens is 1. The van der Waals surface area contributed by atoms with Gasteiger partial charge in [-0.25, -0.2) is 4.39 Å². The Morgan fingerprint density at radius 1 is 1.28 bits per heavy atom. The van der Waals surface area contributed by atoms with Crippen LogP contribution in [0, 0.1) is 5.82 Å². The van der Waals surface area contributed by atoms with Crippen LogP contribution in [0.3, 0.4) is 0 Å². The highest BCUT2D eigenvalue weighted by atomic mass is 32.2. The van der Waals surface area contributed by atoms with Gasteiger partial charge in [0, 0.05) is 26.2 Å². The van der Waals surface area contributed by atoms with Gasteiger partial charge >= 0.3 is 0 Å². The summed E-state index contributed by atoms with van der Waals surface area (Å²) in [5, 5.41) is 11.0. The summed E-state index contributed by atoms with van der Waals surface area (Å²) in [6.45, 7) is 0.241. The molecule has 8 heteroatoms. The largest absolute Gasteiger partial charge is 0.341 e. The summed E-state index contributed by atoms with van der Waals surface area (Å²) in [7, 11) is 3.55. The lowest BCUT2D eigenvalue weighted by Gasteiger charge is -2.17. The zero-order chi connectivity index (χ0) is 17.8. The first kappa shape index (κ1) is 17.6. The first-order valence-corrected chi connectivity index (χ1v) is 9.46. The van der Waals surface area contributed by atoms with Gasteiger partial charge in [-0.1, -0.05) is 36.0 Å². The molecule has 0 bridgehead atoms. The third-order valence-electron chi connectivity index (χ3n) is 3.69. The molecule has 0 radical (unpaired) electrons. The predicted molar refractivity (Wildman–Crippen MR) is 97.9 cm³/mol. The molecule has 0 atom stereocenters. The van der Waals surface area contributed by atoms with Gasteiger partial charge in [-0.05, 0) is 17.5 Å². The van der Waals surface area contributed by atoms with Crippen molar-refractivity contribution in [2.24, 2.45) is 7.05 Å². The van der Waals surface area contributed by atoms with Gasteiger partial charge in [-0.2, -0.15) is 0 Å². The minimum Gasteiger partial charge on any atom is -0.341 e. The van der Waals surface area contributed by atoms with Gasteiger partial charge in [0.15, 0.2) is 11.0 Å². The van der Waals surface area contributed by atoms with Crippen LogP contribution < -0.4 is 0 Å². The van der Waals surface area contributed by atoms with Crippen molar-refractivity contribution >= 4 is 29.0 Å². The highest BCUT2D eigenvalue weighted by Crippen LogP contribution is 2.26. The smallest absolute Gasteiger partial charge is 0.233 e. The lowest BCUT2D eigenvalue weighted by Crippen LogP contribution is -2.28. The summed E-state index contributed by atoms with van der Waals surface area (Å²) in [4.78, 5) is 14.9. The van der Waals surface area contributed by atoms with E-state index in [0.29, 0.717) is 10.7 Å². The zero-order valence-electron chi connectivity index (χ0n) is 13.8. The van der Waals surface area contributed by atoms with Gasteiger partial charge in [-0.3, -0.25) is 4.79 Å². The number of nitrogens with zero attached hydrogens (tertiary/aromatic N) is 4. The highest BCUT2D eigenvalue weighted by Gasteiger charge is 2.16. The van der Waals surface area contributed by atoms with Gasteiger partial charge in [0.1, 0.15) is 5.82 Å². The first-order chi connectivity index (χ1) is 12.1. The Morgan fingerprint density at radius 3 is 2.80 bits per heavy atom. The second-order valence-corrected chi connectivity index (χ2v) is 7.36. The number of rotatable bonds is 6. The SMILES string of the molecule is CN(Cc1ccccc1F)C(=O)CSc1nnc(-c2cccs2)n1C. The zero-order valence-corrected chi connectivity index (χ0v) is 15.5. The summed E-state index contributed by atoms with van der Waals surface area (Å²) < 4.78 is 15.6. The molecule has 1 amide bonds. The monoisotopic (exact) mass is 376 g/mol. The molecule has 0 aliphatic carbocycles. The number of hydrogen-bond donors (Lipinski definition) is 0. The Balaban J connectivity index is 1.60. The van der Waals surface area contributed by atoms with Crippen molar-refractivity contribution in [3.8, 4) is 10.7 Å². The lowest BCUT2D eigenvalue weighted by atomic mass is 10.2. The molecule has 130 valence electrons. The van der Waals surface area contributed by atoms with E-state index in [1.165, 1.54) is 22.7 Å². The predicted octanol–water partition coefficient (Wildman–Crippen LogP) is 3.43. The maximum Gasteiger partial charge on any atom is 0.233 e. The number of thioether (sulfide) groups is 1. The van der Waals surface area contributed by atoms with Crippen molar-refractivity contribution < 1.29 is 9.18 Å². The number of benzene rings is 1. The van der Waals surface area contributed by atoms with E-state index in [-0.39, 0.29) is 24.0 Å². The van der Waals surface area contributed by atoms with Gasteiger partial charge in [-0.15, -0.1) is 21.5 Å². The fourth-order valence-corrected chi connectivity index (χ4v) is 3.86. The molecule has 0 unspecified atom stereocenters. The third kappa shape index (κ3) is 4.08. The molecule has 0 fully saturated rings. The van der Waals surface area contributed by atoms with E-state index in [1.54, 1.807) is 36.6 Å². The van der Waals surface area contributed by atoms with Crippen LogP contribution in [0.1, 0.15) is 5.56 Å². The second-order valence-electron chi connectivity index (χ2n) is 5.47. The van der Waals surface area contributed by atoms with E-state index in [0.717, 1.165) is 10.7 Å². The lowest BCUT2D eigenvalue weighted by molar-refractivity contribution is -0.127. The van der Waals surface area contributed by atoms with Crippen molar-refractivity contribution in [1.82, 2.24) is 19.7 Å². The minimum absolute atomic E-state index is 0.0890. The van der Waals surface area contributed by atoms with Gasteiger partial charge in [0.25, 0.3) is 0 Å². The maximum absolute atomic E-state index is 13.7. The molecule has 0 aliphatic rings. The van der Waals surface area contributed by atoms with E-state index in [1.807, 2.05) is 29.1 Å². The van der Waals surface area contributed by atoms with Crippen LogP contribution in [-0.4, -0.2) is 38.4 Å². The molecular weight excluding hydrogens is 359 g/mol. The van der Waals surface area contributed by atoms with E-state index in [9.17, 15) is 9.18 Å². The molecule has 2 aromatic heterocycles. The van der Waals surface area contributed by atoms with Crippen molar-refractivity contribution in [3.05, 3.63) is 53.2 Å². The molecule has 1 aromatic carbocycles. The van der Waals surface area contributed by atoms with Gasteiger partial charge in [0.2, 0.25) is 5.91 Å². The number of thiophene rings is 1. The Morgan fingerprint density at radius 2 is 2.08 bits per heavy atom. The fraction of sp³-hybridized carbons (Fsp3) is 0.235. The molecule has 3 aromatic rings. The molecule has 0 saturated heterocycles. The number of hydrogen-bond acceptors (Lipinski definition) is 5. The van der Waals surface area contributed by atoms with Crippen LogP contribution in [-0.2, 0) is 18.4 Å². The average Bonchev–Trinajstić information content (AvgIpc) is 3.24. The molecular formula is C17H17FN4OS2. The summed E-state index contributed by atoms with van der Waals surface area (Å²) in [5.41, 5.74) is 0.502. The Bertz CT molecular complexity index is 863. The number of carbonyl (C=O) groups is 1.